The zero-order valence-corrected chi connectivity index (χ0v) is 11.6. The van der Waals surface area contributed by atoms with Crippen LogP contribution >= 0.6 is 0 Å². The van der Waals surface area contributed by atoms with Gasteiger partial charge in [0.15, 0.2) is 0 Å². The average Bonchev–Trinajstić information content (AvgIpc) is 2.26. The fraction of sp³-hybridized carbons (Fsp3) is 0.467. The molecule has 1 atom stereocenters. The van der Waals surface area contributed by atoms with Gasteiger partial charge >= 0.3 is 11.9 Å². The fourth-order valence-electron chi connectivity index (χ4n) is 1.73. The molecule has 0 aromatic heterocycles. The van der Waals surface area contributed by atoms with Crippen LogP contribution in [0.25, 0.3) is 0 Å². The van der Waals surface area contributed by atoms with Gasteiger partial charge in [0, 0.05) is 0 Å². The lowest BCUT2D eigenvalue weighted by molar-refractivity contribution is -0.162. The second kappa shape index (κ2) is 6.36. The van der Waals surface area contributed by atoms with E-state index in [4.69, 9.17) is 9.84 Å². The molecule has 0 saturated carbocycles. The van der Waals surface area contributed by atoms with Crippen LogP contribution in [0.4, 0.5) is 0 Å². The second-order valence-electron chi connectivity index (χ2n) is 5.52. The summed E-state index contributed by atoms with van der Waals surface area (Å²) in [5, 5.41) is 8.90. The predicted molar refractivity (Wildman–Crippen MR) is 71.7 cm³/mol. The van der Waals surface area contributed by atoms with E-state index in [2.05, 4.69) is 0 Å². The van der Waals surface area contributed by atoms with Gasteiger partial charge in [0.2, 0.25) is 0 Å². The quantitative estimate of drug-likeness (QED) is 0.830. The van der Waals surface area contributed by atoms with Crippen LogP contribution in [-0.2, 0) is 20.7 Å². The van der Waals surface area contributed by atoms with E-state index in [-0.39, 0.29) is 6.42 Å². The summed E-state index contributed by atoms with van der Waals surface area (Å²) in [4.78, 5) is 22.9. The lowest BCUT2D eigenvalue weighted by Crippen LogP contribution is -2.31. The molecule has 104 valence electrons. The van der Waals surface area contributed by atoms with Gasteiger partial charge in [0.05, 0.1) is 12.3 Å². The summed E-state index contributed by atoms with van der Waals surface area (Å²) in [6.07, 6.45) is 0.159. The summed E-state index contributed by atoms with van der Waals surface area (Å²) in [7, 11) is 0. The third-order valence-corrected chi connectivity index (χ3v) is 2.49. The highest BCUT2D eigenvalue weighted by atomic mass is 16.6. The largest absolute Gasteiger partial charge is 0.481 e. The van der Waals surface area contributed by atoms with E-state index in [9.17, 15) is 9.59 Å². The van der Waals surface area contributed by atoms with Crippen molar-refractivity contribution in [3.63, 3.8) is 0 Å². The molecule has 0 heterocycles. The highest BCUT2D eigenvalue weighted by Crippen LogP contribution is 2.18. The Morgan fingerprint density at radius 2 is 1.79 bits per heavy atom. The van der Waals surface area contributed by atoms with Crippen LogP contribution < -0.4 is 0 Å². The molecule has 0 radical (unpaired) electrons. The topological polar surface area (TPSA) is 63.6 Å². The molecule has 0 fully saturated rings. The van der Waals surface area contributed by atoms with Crippen LogP contribution in [0.3, 0.4) is 0 Å². The van der Waals surface area contributed by atoms with Crippen molar-refractivity contribution in [2.75, 3.05) is 0 Å². The molecule has 19 heavy (non-hydrogen) atoms. The highest BCUT2D eigenvalue weighted by Gasteiger charge is 2.27. The Bertz CT molecular complexity index is 431. The molecule has 1 aromatic rings. The highest BCUT2D eigenvalue weighted by molar-refractivity contribution is 5.79. The number of aliphatic carboxylic acids is 1. The Hall–Kier alpha value is -1.84. The molecule has 1 N–H and O–H groups in total. The van der Waals surface area contributed by atoms with Crippen molar-refractivity contribution in [1.29, 1.82) is 0 Å². The number of carboxylic acid groups (broad SMARTS) is 1. The third kappa shape index (κ3) is 6.04. The van der Waals surface area contributed by atoms with E-state index < -0.39 is 23.5 Å². The number of hydrogen-bond acceptors (Lipinski definition) is 3. The molecule has 0 spiro atoms. The minimum Gasteiger partial charge on any atom is -0.481 e. The zero-order chi connectivity index (χ0) is 14.5. The monoisotopic (exact) mass is 264 g/mol. The number of carbonyl (C=O) groups excluding carboxylic acids is 1. The van der Waals surface area contributed by atoms with Crippen molar-refractivity contribution < 1.29 is 19.4 Å². The van der Waals surface area contributed by atoms with E-state index in [1.54, 1.807) is 20.8 Å². The van der Waals surface area contributed by atoms with E-state index >= 15 is 0 Å². The van der Waals surface area contributed by atoms with E-state index in [0.717, 1.165) is 5.56 Å². The van der Waals surface area contributed by atoms with Crippen molar-refractivity contribution in [2.24, 2.45) is 5.92 Å². The lowest BCUT2D eigenvalue weighted by Gasteiger charge is -2.23. The van der Waals surface area contributed by atoms with Crippen molar-refractivity contribution in [1.82, 2.24) is 0 Å². The van der Waals surface area contributed by atoms with Crippen LogP contribution in [0.15, 0.2) is 30.3 Å². The maximum Gasteiger partial charge on any atom is 0.310 e. The van der Waals surface area contributed by atoms with Crippen LogP contribution in [0.2, 0.25) is 0 Å². The molecule has 0 saturated heterocycles. The molecule has 0 aliphatic rings. The van der Waals surface area contributed by atoms with Crippen molar-refractivity contribution in [3.05, 3.63) is 35.9 Å². The summed E-state index contributed by atoms with van der Waals surface area (Å²) in [6, 6.07) is 9.35. The summed E-state index contributed by atoms with van der Waals surface area (Å²) in [5.74, 6) is -2.11. The number of hydrogen-bond donors (Lipinski definition) is 1. The van der Waals surface area contributed by atoms with Crippen LogP contribution in [-0.4, -0.2) is 22.6 Å². The van der Waals surface area contributed by atoms with Crippen molar-refractivity contribution >= 4 is 11.9 Å². The Morgan fingerprint density at radius 3 is 2.26 bits per heavy atom. The standard InChI is InChI=1S/C15H20O4/c1-15(2,3)19-14(18)12(10-13(16)17)9-11-7-5-4-6-8-11/h4-8,12H,9-10H2,1-3H3,(H,16,17). The van der Waals surface area contributed by atoms with Crippen LogP contribution in [0, 0.1) is 5.92 Å². The lowest BCUT2D eigenvalue weighted by atomic mass is 9.96. The number of esters is 1. The number of rotatable bonds is 5. The van der Waals surface area contributed by atoms with Crippen molar-refractivity contribution in [3.8, 4) is 0 Å². The molecule has 1 aromatic carbocycles. The van der Waals surface area contributed by atoms with Gasteiger partial charge in [-0.1, -0.05) is 30.3 Å². The average molecular weight is 264 g/mol. The van der Waals surface area contributed by atoms with Crippen molar-refractivity contribution in [2.45, 2.75) is 39.2 Å². The summed E-state index contributed by atoms with van der Waals surface area (Å²) in [5.41, 5.74) is 0.324. The summed E-state index contributed by atoms with van der Waals surface area (Å²) in [6.45, 7) is 5.31. The predicted octanol–water partition coefficient (Wildman–Crippen LogP) is 2.66. The molecular weight excluding hydrogens is 244 g/mol. The maximum absolute atomic E-state index is 12.0. The maximum atomic E-state index is 12.0. The van der Waals surface area contributed by atoms with Gasteiger partial charge in [0.1, 0.15) is 5.60 Å². The first-order valence-electron chi connectivity index (χ1n) is 6.26. The Balaban J connectivity index is 2.77. The number of carbonyl (C=O) groups is 2. The normalized spacial score (nSPS) is 12.8. The van der Waals surface area contributed by atoms with Gasteiger partial charge in [-0.2, -0.15) is 0 Å². The zero-order valence-electron chi connectivity index (χ0n) is 11.6. The molecule has 1 unspecified atom stereocenters. The van der Waals surface area contributed by atoms with E-state index in [1.807, 2.05) is 30.3 Å². The molecule has 0 aliphatic heterocycles. The third-order valence-electron chi connectivity index (χ3n) is 2.49. The number of ether oxygens (including phenoxy) is 1. The van der Waals surface area contributed by atoms with Gasteiger partial charge in [-0.15, -0.1) is 0 Å². The molecule has 0 bridgehead atoms. The van der Waals surface area contributed by atoms with Gasteiger partial charge in [-0.3, -0.25) is 9.59 Å². The number of benzene rings is 1. The van der Waals surface area contributed by atoms with Gasteiger partial charge in [0.25, 0.3) is 0 Å². The summed E-state index contributed by atoms with van der Waals surface area (Å²) >= 11 is 0. The molecule has 1 rings (SSSR count). The molecule has 0 amide bonds. The smallest absolute Gasteiger partial charge is 0.310 e. The van der Waals surface area contributed by atoms with E-state index in [1.165, 1.54) is 0 Å². The molecule has 4 nitrogen and oxygen atoms in total. The second-order valence-corrected chi connectivity index (χ2v) is 5.52. The first-order valence-corrected chi connectivity index (χ1v) is 6.26. The molecule has 0 aliphatic carbocycles. The Morgan fingerprint density at radius 1 is 1.21 bits per heavy atom. The molecule has 4 heteroatoms. The Kier molecular flexibility index (Phi) is 5.10. The minimum absolute atomic E-state index is 0.218. The van der Waals surface area contributed by atoms with Gasteiger partial charge < -0.3 is 9.84 Å². The number of carboxylic acids is 1. The fourth-order valence-corrected chi connectivity index (χ4v) is 1.73. The van der Waals surface area contributed by atoms with E-state index in [0.29, 0.717) is 6.42 Å². The first kappa shape index (κ1) is 15.2. The van der Waals surface area contributed by atoms with Crippen LogP contribution in [0.1, 0.15) is 32.8 Å². The van der Waals surface area contributed by atoms with Gasteiger partial charge in [-0.25, -0.2) is 0 Å². The van der Waals surface area contributed by atoms with Gasteiger partial charge in [-0.05, 0) is 32.8 Å². The SMILES string of the molecule is CC(C)(C)OC(=O)C(CC(=O)O)Cc1ccccc1. The Labute approximate surface area is 113 Å². The minimum atomic E-state index is -0.994. The van der Waals surface area contributed by atoms with Crippen LogP contribution in [0.5, 0.6) is 0 Å². The summed E-state index contributed by atoms with van der Waals surface area (Å²) < 4.78 is 5.27. The first-order chi connectivity index (χ1) is 8.78. The molecular formula is C15H20O4.